The molecule has 2 rings (SSSR count). The number of carbonyl (C=O) groups is 1. The van der Waals surface area contributed by atoms with Gasteiger partial charge in [-0.1, -0.05) is 0 Å². The largest absolute Gasteiger partial charge is 0.398 e. The highest BCUT2D eigenvalue weighted by Gasteiger charge is 2.11. The van der Waals surface area contributed by atoms with Crippen LogP contribution in [0, 0.1) is 0 Å². The van der Waals surface area contributed by atoms with E-state index in [9.17, 15) is 4.79 Å². The summed E-state index contributed by atoms with van der Waals surface area (Å²) >= 11 is 1.31. The Bertz CT molecular complexity index is 581. The van der Waals surface area contributed by atoms with Gasteiger partial charge in [0.2, 0.25) is 5.16 Å². The Kier molecular flexibility index (Phi) is 3.47. The van der Waals surface area contributed by atoms with Crippen LogP contribution in [0.15, 0.2) is 28.3 Å². The number of hydrogen-bond donors (Lipinski definition) is 2. The molecule has 1 heterocycles. The van der Waals surface area contributed by atoms with E-state index in [0.29, 0.717) is 16.4 Å². The summed E-state index contributed by atoms with van der Waals surface area (Å²) in [4.78, 5) is 12.3. The standard InChI is InChI=1S/C10H12N6OS/c1-12-9(17)6-3-4-7(11)8(5-6)18-10-13-14-15-16(10)2/h3-5H,11H2,1-2H3,(H,12,17). The highest BCUT2D eigenvalue weighted by atomic mass is 32.2. The van der Waals surface area contributed by atoms with Gasteiger partial charge in [0.05, 0.1) is 0 Å². The molecule has 0 aliphatic carbocycles. The molecule has 1 amide bonds. The lowest BCUT2D eigenvalue weighted by molar-refractivity contribution is 0.0963. The zero-order valence-corrected chi connectivity index (χ0v) is 10.7. The fourth-order valence-corrected chi connectivity index (χ4v) is 2.13. The van der Waals surface area contributed by atoms with Gasteiger partial charge < -0.3 is 11.1 Å². The molecule has 0 radical (unpaired) electrons. The maximum Gasteiger partial charge on any atom is 0.251 e. The van der Waals surface area contributed by atoms with Gasteiger partial charge in [0, 0.05) is 30.2 Å². The van der Waals surface area contributed by atoms with Crippen molar-refractivity contribution in [2.75, 3.05) is 12.8 Å². The molecule has 0 aliphatic rings. The average molecular weight is 264 g/mol. The first kappa shape index (κ1) is 12.4. The van der Waals surface area contributed by atoms with Crippen molar-refractivity contribution in [2.24, 2.45) is 7.05 Å². The molecule has 2 aromatic rings. The molecule has 94 valence electrons. The van der Waals surface area contributed by atoms with Crippen LogP contribution in [0.4, 0.5) is 5.69 Å². The molecule has 8 heteroatoms. The van der Waals surface area contributed by atoms with Crippen LogP contribution in [0.1, 0.15) is 10.4 Å². The second kappa shape index (κ2) is 5.05. The topological polar surface area (TPSA) is 98.7 Å². The van der Waals surface area contributed by atoms with E-state index >= 15 is 0 Å². The average Bonchev–Trinajstić information content (AvgIpc) is 2.77. The van der Waals surface area contributed by atoms with Crippen LogP contribution in [0.25, 0.3) is 0 Å². The van der Waals surface area contributed by atoms with Crippen molar-refractivity contribution in [3.8, 4) is 0 Å². The third kappa shape index (κ3) is 2.43. The number of hydrogen-bond acceptors (Lipinski definition) is 6. The molecule has 0 saturated carbocycles. The molecule has 1 aromatic heterocycles. The van der Waals surface area contributed by atoms with Crippen molar-refractivity contribution < 1.29 is 4.79 Å². The number of aryl methyl sites for hydroxylation is 1. The van der Waals surface area contributed by atoms with Gasteiger partial charge in [-0.3, -0.25) is 4.79 Å². The first-order valence-electron chi connectivity index (χ1n) is 5.13. The first-order chi connectivity index (χ1) is 8.61. The van der Waals surface area contributed by atoms with Crippen LogP contribution < -0.4 is 11.1 Å². The van der Waals surface area contributed by atoms with Gasteiger partial charge in [0.15, 0.2) is 0 Å². The highest BCUT2D eigenvalue weighted by Crippen LogP contribution is 2.30. The van der Waals surface area contributed by atoms with Crippen molar-refractivity contribution in [3.05, 3.63) is 23.8 Å². The van der Waals surface area contributed by atoms with Crippen LogP contribution in [-0.4, -0.2) is 33.2 Å². The van der Waals surface area contributed by atoms with Crippen LogP contribution in [-0.2, 0) is 7.05 Å². The number of nitrogens with two attached hydrogens (primary N) is 1. The SMILES string of the molecule is CNC(=O)c1ccc(N)c(Sc2nnnn2C)c1. The number of nitrogens with one attached hydrogen (secondary N) is 1. The minimum atomic E-state index is -0.159. The lowest BCUT2D eigenvalue weighted by Gasteiger charge is -2.06. The van der Waals surface area contributed by atoms with E-state index in [0.717, 1.165) is 4.90 Å². The van der Waals surface area contributed by atoms with E-state index in [-0.39, 0.29) is 5.91 Å². The molecular weight excluding hydrogens is 252 g/mol. The van der Waals surface area contributed by atoms with Crippen molar-refractivity contribution in [3.63, 3.8) is 0 Å². The van der Waals surface area contributed by atoms with Crippen molar-refractivity contribution >= 4 is 23.4 Å². The molecule has 0 saturated heterocycles. The van der Waals surface area contributed by atoms with Crippen molar-refractivity contribution in [1.82, 2.24) is 25.5 Å². The van der Waals surface area contributed by atoms with Gasteiger partial charge >= 0.3 is 0 Å². The van der Waals surface area contributed by atoms with E-state index in [1.54, 1.807) is 32.3 Å². The molecule has 1 aromatic carbocycles. The van der Waals surface area contributed by atoms with Crippen molar-refractivity contribution in [1.29, 1.82) is 0 Å². The van der Waals surface area contributed by atoms with E-state index < -0.39 is 0 Å². The summed E-state index contributed by atoms with van der Waals surface area (Å²) in [6.07, 6.45) is 0. The normalized spacial score (nSPS) is 10.3. The number of nitrogen functional groups attached to an aromatic ring is 1. The number of rotatable bonds is 3. The molecule has 0 bridgehead atoms. The maximum absolute atomic E-state index is 11.5. The van der Waals surface area contributed by atoms with Crippen LogP contribution in [0.2, 0.25) is 0 Å². The summed E-state index contributed by atoms with van der Waals surface area (Å²) in [5.74, 6) is -0.159. The number of nitrogens with zero attached hydrogens (tertiary/aromatic N) is 4. The van der Waals surface area contributed by atoms with E-state index in [1.807, 2.05) is 0 Å². The molecule has 0 spiro atoms. The van der Waals surface area contributed by atoms with Gasteiger partial charge in [-0.2, -0.15) is 0 Å². The Balaban J connectivity index is 2.32. The summed E-state index contributed by atoms with van der Waals surface area (Å²) in [6, 6.07) is 5.08. The summed E-state index contributed by atoms with van der Waals surface area (Å²) in [5.41, 5.74) is 6.99. The van der Waals surface area contributed by atoms with E-state index in [2.05, 4.69) is 20.8 Å². The molecule has 7 nitrogen and oxygen atoms in total. The summed E-state index contributed by atoms with van der Waals surface area (Å²) in [7, 11) is 3.32. The lowest BCUT2D eigenvalue weighted by atomic mass is 10.2. The molecule has 0 atom stereocenters. The zero-order chi connectivity index (χ0) is 13.1. The van der Waals surface area contributed by atoms with Gasteiger partial charge in [-0.05, 0) is 40.4 Å². The molecule has 0 aliphatic heterocycles. The second-order valence-corrected chi connectivity index (χ2v) is 4.53. The molecule has 0 unspecified atom stereocenters. The van der Waals surface area contributed by atoms with Gasteiger partial charge in [-0.15, -0.1) is 5.10 Å². The monoisotopic (exact) mass is 264 g/mol. The van der Waals surface area contributed by atoms with E-state index in [1.165, 1.54) is 16.4 Å². The number of tetrazole rings is 1. The minimum Gasteiger partial charge on any atom is -0.398 e. The predicted molar refractivity (Wildman–Crippen MR) is 67.2 cm³/mol. The quantitative estimate of drug-likeness (QED) is 0.774. The van der Waals surface area contributed by atoms with Gasteiger partial charge in [0.1, 0.15) is 0 Å². The van der Waals surface area contributed by atoms with Crippen LogP contribution in [0.3, 0.4) is 0 Å². The number of anilines is 1. The Morgan fingerprint density at radius 2 is 2.28 bits per heavy atom. The number of carbonyl (C=O) groups excluding carboxylic acids is 1. The number of amides is 1. The third-order valence-electron chi connectivity index (χ3n) is 2.29. The molecule has 3 N–H and O–H groups in total. The summed E-state index contributed by atoms with van der Waals surface area (Å²) in [5, 5.41) is 14.3. The molecule has 0 fully saturated rings. The fourth-order valence-electron chi connectivity index (χ4n) is 1.31. The van der Waals surface area contributed by atoms with Gasteiger partial charge in [0.25, 0.3) is 5.91 Å². The number of aromatic nitrogens is 4. The molecular formula is C10H12N6OS. The maximum atomic E-state index is 11.5. The fraction of sp³-hybridized carbons (Fsp3) is 0.200. The number of benzene rings is 1. The second-order valence-electron chi connectivity index (χ2n) is 3.52. The zero-order valence-electron chi connectivity index (χ0n) is 9.91. The van der Waals surface area contributed by atoms with Gasteiger partial charge in [-0.25, -0.2) is 4.68 Å². The molecule has 18 heavy (non-hydrogen) atoms. The van der Waals surface area contributed by atoms with E-state index in [4.69, 9.17) is 5.73 Å². The van der Waals surface area contributed by atoms with Crippen LogP contribution >= 0.6 is 11.8 Å². The Hall–Kier alpha value is -2.09. The summed E-state index contributed by atoms with van der Waals surface area (Å²) in [6.45, 7) is 0. The Labute approximate surface area is 108 Å². The Morgan fingerprint density at radius 1 is 1.50 bits per heavy atom. The first-order valence-corrected chi connectivity index (χ1v) is 5.95. The Morgan fingerprint density at radius 3 is 2.89 bits per heavy atom. The smallest absolute Gasteiger partial charge is 0.251 e. The lowest BCUT2D eigenvalue weighted by Crippen LogP contribution is -2.17. The highest BCUT2D eigenvalue weighted by molar-refractivity contribution is 7.99. The van der Waals surface area contributed by atoms with Crippen molar-refractivity contribution in [2.45, 2.75) is 10.1 Å². The predicted octanol–water partition coefficient (Wildman–Crippen LogP) is 0.303. The third-order valence-corrected chi connectivity index (χ3v) is 3.39. The summed E-state index contributed by atoms with van der Waals surface area (Å²) < 4.78 is 1.54. The van der Waals surface area contributed by atoms with Crippen LogP contribution in [0.5, 0.6) is 0 Å². The minimum absolute atomic E-state index is 0.159.